The number of rotatable bonds is 4. The summed E-state index contributed by atoms with van der Waals surface area (Å²) in [5, 5.41) is 3.14. The number of hydrogen-bond acceptors (Lipinski definition) is 4. The minimum absolute atomic E-state index is 0.384. The minimum atomic E-state index is 0.384. The zero-order valence-corrected chi connectivity index (χ0v) is 13.5. The molecule has 0 fully saturated rings. The maximum atomic E-state index is 4.69. The van der Waals surface area contributed by atoms with Gasteiger partial charge in [0.1, 0.15) is 11.6 Å². The Kier molecular flexibility index (Phi) is 4.68. The van der Waals surface area contributed by atoms with Gasteiger partial charge in [-0.2, -0.15) is 0 Å². The van der Waals surface area contributed by atoms with E-state index < -0.39 is 0 Å². The Labute approximate surface area is 127 Å². The van der Waals surface area contributed by atoms with Gasteiger partial charge < -0.3 is 5.32 Å². The molecule has 0 saturated heterocycles. The molecule has 0 unspecified atom stereocenters. The van der Waals surface area contributed by atoms with Crippen LogP contribution in [-0.2, 0) is 6.42 Å². The van der Waals surface area contributed by atoms with Gasteiger partial charge in [-0.1, -0.05) is 19.9 Å². The topological polar surface area (TPSA) is 50.7 Å². The molecular formula is C14H17IN4. The summed E-state index contributed by atoms with van der Waals surface area (Å²) >= 11 is 2.30. The third kappa shape index (κ3) is 3.40. The van der Waals surface area contributed by atoms with Crippen LogP contribution in [0.15, 0.2) is 24.5 Å². The molecule has 2 aromatic heterocycles. The van der Waals surface area contributed by atoms with Crippen LogP contribution >= 0.6 is 22.6 Å². The highest BCUT2D eigenvalue weighted by atomic mass is 127. The highest BCUT2D eigenvalue weighted by Gasteiger charge is 2.14. The lowest BCUT2D eigenvalue weighted by Gasteiger charge is -2.13. The second kappa shape index (κ2) is 6.27. The number of aromatic nitrogens is 3. The van der Waals surface area contributed by atoms with Crippen LogP contribution in [0, 0.1) is 3.57 Å². The minimum Gasteiger partial charge on any atom is -0.372 e. The molecule has 5 heteroatoms. The highest BCUT2D eigenvalue weighted by Crippen LogP contribution is 2.25. The number of nitrogens with one attached hydrogen (secondary N) is 1. The second-order valence-corrected chi connectivity index (χ2v) is 5.71. The van der Waals surface area contributed by atoms with E-state index >= 15 is 0 Å². The summed E-state index contributed by atoms with van der Waals surface area (Å²) in [6.07, 6.45) is 4.34. The van der Waals surface area contributed by atoms with Gasteiger partial charge in [-0.25, -0.2) is 9.97 Å². The molecule has 0 atom stereocenters. The molecule has 0 amide bonds. The van der Waals surface area contributed by atoms with Crippen molar-refractivity contribution in [1.82, 2.24) is 15.0 Å². The molecule has 0 spiro atoms. The van der Waals surface area contributed by atoms with E-state index in [1.54, 1.807) is 6.20 Å². The normalized spacial score (nSPS) is 10.8. The van der Waals surface area contributed by atoms with E-state index in [-0.39, 0.29) is 0 Å². The van der Waals surface area contributed by atoms with E-state index in [4.69, 9.17) is 0 Å². The van der Waals surface area contributed by atoms with Crippen molar-refractivity contribution in [3.63, 3.8) is 0 Å². The summed E-state index contributed by atoms with van der Waals surface area (Å²) in [5.41, 5.74) is 2.22. The van der Waals surface area contributed by atoms with Crippen LogP contribution in [0.25, 0.3) is 0 Å². The summed E-state index contributed by atoms with van der Waals surface area (Å²) in [6.45, 7) is 4.30. The van der Waals surface area contributed by atoms with Crippen molar-refractivity contribution in [3.05, 3.63) is 45.2 Å². The molecule has 2 rings (SSSR count). The van der Waals surface area contributed by atoms with Crippen LogP contribution in [0.5, 0.6) is 0 Å². The molecule has 0 aliphatic heterocycles. The average Bonchev–Trinajstić information content (AvgIpc) is 2.41. The maximum absolute atomic E-state index is 4.69. The smallest absolute Gasteiger partial charge is 0.143 e. The third-order valence-electron chi connectivity index (χ3n) is 2.79. The highest BCUT2D eigenvalue weighted by molar-refractivity contribution is 14.1. The van der Waals surface area contributed by atoms with Gasteiger partial charge in [0, 0.05) is 25.9 Å². The van der Waals surface area contributed by atoms with Crippen LogP contribution in [0.1, 0.15) is 36.8 Å². The number of halogens is 1. The summed E-state index contributed by atoms with van der Waals surface area (Å²) < 4.78 is 1.10. The van der Waals surface area contributed by atoms with E-state index in [9.17, 15) is 0 Å². The van der Waals surface area contributed by atoms with Crippen LogP contribution in [0.4, 0.5) is 5.82 Å². The number of anilines is 1. The molecular weight excluding hydrogens is 351 g/mol. The summed E-state index contributed by atoms with van der Waals surface area (Å²) in [4.78, 5) is 13.4. The van der Waals surface area contributed by atoms with Gasteiger partial charge in [0.05, 0.1) is 9.26 Å². The van der Waals surface area contributed by atoms with E-state index in [1.807, 2.05) is 25.4 Å². The fraction of sp³-hybridized carbons (Fsp3) is 0.357. The van der Waals surface area contributed by atoms with Gasteiger partial charge in [-0.05, 0) is 40.1 Å². The van der Waals surface area contributed by atoms with Crippen molar-refractivity contribution >= 4 is 28.4 Å². The third-order valence-corrected chi connectivity index (χ3v) is 3.86. The van der Waals surface area contributed by atoms with E-state index in [0.29, 0.717) is 12.3 Å². The fourth-order valence-corrected chi connectivity index (χ4v) is 2.96. The van der Waals surface area contributed by atoms with Crippen molar-refractivity contribution in [2.45, 2.75) is 26.2 Å². The molecule has 0 aromatic carbocycles. The largest absolute Gasteiger partial charge is 0.372 e. The van der Waals surface area contributed by atoms with E-state index in [2.05, 4.69) is 56.7 Å². The molecule has 2 aromatic rings. The first-order valence-corrected chi connectivity index (χ1v) is 7.32. The van der Waals surface area contributed by atoms with Crippen molar-refractivity contribution in [2.75, 3.05) is 12.4 Å². The molecule has 0 bridgehead atoms. The lowest BCUT2D eigenvalue weighted by atomic mass is 10.1. The molecule has 0 radical (unpaired) electrons. The standard InChI is InChI=1S/C14H17IN4/c1-9(2)13-12(15)14(16-3)19-11(18-13)7-10-5-4-6-17-8-10/h4-6,8-9H,7H2,1-3H3,(H,16,18,19). The zero-order chi connectivity index (χ0) is 13.8. The van der Waals surface area contributed by atoms with E-state index in [1.165, 1.54) is 0 Å². The fourth-order valence-electron chi connectivity index (χ4n) is 1.83. The van der Waals surface area contributed by atoms with Crippen molar-refractivity contribution in [2.24, 2.45) is 0 Å². The summed E-state index contributed by atoms with van der Waals surface area (Å²) in [5.74, 6) is 2.12. The zero-order valence-electron chi connectivity index (χ0n) is 11.3. The first-order chi connectivity index (χ1) is 9.11. The Morgan fingerprint density at radius 3 is 2.68 bits per heavy atom. The first-order valence-electron chi connectivity index (χ1n) is 6.24. The molecule has 19 heavy (non-hydrogen) atoms. The molecule has 2 heterocycles. The lowest BCUT2D eigenvalue weighted by Crippen LogP contribution is -2.09. The van der Waals surface area contributed by atoms with Crippen molar-refractivity contribution < 1.29 is 0 Å². The quantitative estimate of drug-likeness (QED) is 0.842. The number of hydrogen-bond donors (Lipinski definition) is 1. The van der Waals surface area contributed by atoms with Crippen molar-refractivity contribution in [3.8, 4) is 0 Å². The first kappa shape index (κ1) is 14.2. The molecule has 0 aliphatic carbocycles. The lowest BCUT2D eigenvalue weighted by molar-refractivity contribution is 0.784. The van der Waals surface area contributed by atoms with Gasteiger partial charge in [0.2, 0.25) is 0 Å². The molecule has 1 N–H and O–H groups in total. The van der Waals surface area contributed by atoms with E-state index in [0.717, 1.165) is 26.5 Å². The second-order valence-electron chi connectivity index (χ2n) is 4.63. The van der Waals surface area contributed by atoms with Gasteiger partial charge >= 0.3 is 0 Å². The van der Waals surface area contributed by atoms with Crippen LogP contribution < -0.4 is 5.32 Å². The monoisotopic (exact) mass is 368 g/mol. The Morgan fingerprint density at radius 2 is 2.11 bits per heavy atom. The number of pyridine rings is 1. The van der Waals surface area contributed by atoms with Gasteiger partial charge in [0.15, 0.2) is 0 Å². The Hall–Kier alpha value is -1.24. The molecule has 0 saturated carbocycles. The molecule has 0 aliphatic rings. The van der Waals surface area contributed by atoms with Crippen molar-refractivity contribution in [1.29, 1.82) is 0 Å². The van der Waals surface area contributed by atoms with Crippen LogP contribution in [0.2, 0.25) is 0 Å². The van der Waals surface area contributed by atoms with Crippen LogP contribution in [-0.4, -0.2) is 22.0 Å². The SMILES string of the molecule is CNc1nc(Cc2cccnc2)nc(C(C)C)c1I. The van der Waals surface area contributed by atoms with Gasteiger partial charge in [-0.3, -0.25) is 4.98 Å². The Balaban J connectivity index is 2.38. The van der Waals surface area contributed by atoms with Gasteiger partial charge in [0.25, 0.3) is 0 Å². The predicted molar refractivity (Wildman–Crippen MR) is 85.4 cm³/mol. The Morgan fingerprint density at radius 1 is 1.32 bits per heavy atom. The predicted octanol–water partition coefficient (Wildman–Crippen LogP) is 3.23. The average molecular weight is 368 g/mol. The molecule has 4 nitrogen and oxygen atoms in total. The van der Waals surface area contributed by atoms with Gasteiger partial charge in [-0.15, -0.1) is 0 Å². The number of nitrogens with zero attached hydrogens (tertiary/aromatic N) is 3. The maximum Gasteiger partial charge on any atom is 0.143 e. The Bertz CT molecular complexity index is 555. The van der Waals surface area contributed by atoms with Crippen LogP contribution in [0.3, 0.4) is 0 Å². The summed E-state index contributed by atoms with van der Waals surface area (Å²) in [7, 11) is 1.89. The molecule has 100 valence electrons. The summed E-state index contributed by atoms with van der Waals surface area (Å²) in [6, 6.07) is 3.98.